The second-order valence-electron chi connectivity index (χ2n) is 5.17. The normalized spacial score (nSPS) is 17.7. The van der Waals surface area contributed by atoms with Gasteiger partial charge >= 0.3 is 6.03 Å². The lowest BCUT2D eigenvalue weighted by molar-refractivity contribution is 0.237. The van der Waals surface area contributed by atoms with Crippen LogP contribution in [0.3, 0.4) is 0 Å². The van der Waals surface area contributed by atoms with Gasteiger partial charge in [-0.1, -0.05) is 24.3 Å². The van der Waals surface area contributed by atoms with Gasteiger partial charge in [-0.15, -0.1) is 11.3 Å². The van der Waals surface area contributed by atoms with Crippen molar-refractivity contribution in [2.45, 2.75) is 19.0 Å². The van der Waals surface area contributed by atoms with Crippen molar-refractivity contribution in [2.24, 2.45) is 0 Å². The lowest BCUT2D eigenvalue weighted by Gasteiger charge is -2.19. The van der Waals surface area contributed by atoms with Gasteiger partial charge in [0.1, 0.15) is 0 Å². The van der Waals surface area contributed by atoms with Crippen LogP contribution in [-0.4, -0.2) is 25.2 Å². The number of anilines is 1. The van der Waals surface area contributed by atoms with Crippen molar-refractivity contribution in [3.05, 3.63) is 52.7 Å². The smallest absolute Gasteiger partial charge is 0.315 e. The minimum atomic E-state index is -0.0803. The standard InChI is InChI=1S/C16H19N3OS/c20-16(17-11-15-7-4-10-21-15)18-13-8-9-19(12-13)14-5-2-1-3-6-14/h1-7,10,13H,8-9,11-12H2,(H2,17,18,20). The molecule has 2 heterocycles. The van der Waals surface area contributed by atoms with Crippen molar-refractivity contribution in [1.29, 1.82) is 0 Å². The summed E-state index contributed by atoms with van der Waals surface area (Å²) in [6.07, 6.45) is 0.987. The average molecular weight is 301 g/mol. The van der Waals surface area contributed by atoms with Gasteiger partial charge in [-0.2, -0.15) is 0 Å². The SMILES string of the molecule is O=C(NCc1cccs1)NC1CCN(c2ccccc2)C1. The monoisotopic (exact) mass is 301 g/mol. The summed E-state index contributed by atoms with van der Waals surface area (Å²) in [5.41, 5.74) is 1.22. The van der Waals surface area contributed by atoms with Crippen molar-refractivity contribution in [1.82, 2.24) is 10.6 Å². The van der Waals surface area contributed by atoms with Crippen LogP contribution in [0, 0.1) is 0 Å². The first kappa shape index (κ1) is 13.9. The van der Waals surface area contributed by atoms with Crippen molar-refractivity contribution in [3.8, 4) is 0 Å². The molecular formula is C16H19N3OS. The van der Waals surface area contributed by atoms with Crippen LogP contribution < -0.4 is 15.5 Å². The molecule has 1 unspecified atom stereocenters. The van der Waals surface area contributed by atoms with E-state index in [1.54, 1.807) is 11.3 Å². The Bertz CT molecular complexity index is 570. The molecule has 1 aliphatic rings. The Morgan fingerprint density at radius 2 is 2.10 bits per heavy atom. The molecule has 1 atom stereocenters. The second-order valence-corrected chi connectivity index (χ2v) is 6.21. The molecule has 2 aromatic rings. The Kier molecular flexibility index (Phi) is 4.40. The van der Waals surface area contributed by atoms with Crippen LogP contribution >= 0.6 is 11.3 Å². The van der Waals surface area contributed by atoms with Crippen LogP contribution in [0.5, 0.6) is 0 Å². The largest absolute Gasteiger partial charge is 0.369 e. The molecule has 1 aromatic carbocycles. The lowest BCUT2D eigenvalue weighted by atomic mass is 10.3. The van der Waals surface area contributed by atoms with Gasteiger partial charge in [0.15, 0.2) is 0 Å². The van der Waals surface area contributed by atoms with Crippen molar-refractivity contribution >= 4 is 23.1 Å². The maximum atomic E-state index is 11.9. The highest BCUT2D eigenvalue weighted by molar-refractivity contribution is 7.09. The molecule has 2 N–H and O–H groups in total. The lowest BCUT2D eigenvalue weighted by Crippen LogP contribution is -2.43. The molecule has 1 aliphatic heterocycles. The highest BCUT2D eigenvalue weighted by Crippen LogP contribution is 2.19. The van der Waals surface area contributed by atoms with E-state index in [1.807, 2.05) is 35.7 Å². The van der Waals surface area contributed by atoms with Crippen molar-refractivity contribution < 1.29 is 4.79 Å². The summed E-state index contributed by atoms with van der Waals surface area (Å²) in [5, 5.41) is 7.98. The van der Waals surface area contributed by atoms with E-state index in [2.05, 4.69) is 27.7 Å². The predicted octanol–water partition coefficient (Wildman–Crippen LogP) is 2.83. The van der Waals surface area contributed by atoms with Gasteiger partial charge in [0, 0.05) is 29.7 Å². The van der Waals surface area contributed by atoms with E-state index in [-0.39, 0.29) is 12.1 Å². The fourth-order valence-corrected chi connectivity index (χ4v) is 3.21. The van der Waals surface area contributed by atoms with Gasteiger partial charge in [-0.25, -0.2) is 4.79 Å². The van der Waals surface area contributed by atoms with Gasteiger partial charge in [0.25, 0.3) is 0 Å². The molecule has 0 radical (unpaired) electrons. The Morgan fingerprint density at radius 1 is 1.24 bits per heavy atom. The quantitative estimate of drug-likeness (QED) is 0.912. The van der Waals surface area contributed by atoms with Gasteiger partial charge in [0.05, 0.1) is 6.54 Å². The molecule has 2 amide bonds. The zero-order valence-corrected chi connectivity index (χ0v) is 12.6. The third-order valence-electron chi connectivity index (χ3n) is 3.65. The number of amides is 2. The predicted molar refractivity (Wildman–Crippen MR) is 86.8 cm³/mol. The third kappa shape index (κ3) is 3.76. The van der Waals surface area contributed by atoms with E-state index in [1.165, 1.54) is 10.6 Å². The van der Waals surface area contributed by atoms with Crippen LogP contribution in [-0.2, 0) is 6.54 Å². The van der Waals surface area contributed by atoms with Gasteiger partial charge in [-0.05, 0) is 30.0 Å². The van der Waals surface area contributed by atoms with E-state index >= 15 is 0 Å². The summed E-state index contributed by atoms with van der Waals surface area (Å²) in [6.45, 7) is 2.45. The van der Waals surface area contributed by atoms with Crippen LogP contribution in [0.1, 0.15) is 11.3 Å². The van der Waals surface area contributed by atoms with Gasteiger partial charge < -0.3 is 15.5 Å². The van der Waals surface area contributed by atoms with E-state index < -0.39 is 0 Å². The molecular weight excluding hydrogens is 282 g/mol. The van der Waals surface area contributed by atoms with Crippen LogP contribution in [0.2, 0.25) is 0 Å². The minimum Gasteiger partial charge on any atom is -0.369 e. The Balaban J connectivity index is 1.45. The highest BCUT2D eigenvalue weighted by atomic mass is 32.1. The summed E-state index contributed by atoms with van der Waals surface area (Å²) in [7, 11) is 0. The fraction of sp³-hybridized carbons (Fsp3) is 0.312. The maximum Gasteiger partial charge on any atom is 0.315 e. The zero-order valence-electron chi connectivity index (χ0n) is 11.8. The Morgan fingerprint density at radius 3 is 2.86 bits per heavy atom. The summed E-state index contributed by atoms with van der Waals surface area (Å²) in [4.78, 5) is 15.4. The van der Waals surface area contributed by atoms with Crippen LogP contribution in [0.25, 0.3) is 0 Å². The molecule has 0 aliphatic carbocycles. The number of carbonyl (C=O) groups is 1. The van der Waals surface area contributed by atoms with E-state index in [4.69, 9.17) is 0 Å². The zero-order chi connectivity index (χ0) is 14.5. The molecule has 0 spiro atoms. The Hall–Kier alpha value is -2.01. The first-order chi connectivity index (χ1) is 10.3. The van der Waals surface area contributed by atoms with Gasteiger partial charge in [-0.3, -0.25) is 0 Å². The number of hydrogen-bond acceptors (Lipinski definition) is 3. The number of nitrogens with zero attached hydrogens (tertiary/aromatic N) is 1. The first-order valence-electron chi connectivity index (χ1n) is 7.18. The van der Waals surface area contributed by atoms with Crippen molar-refractivity contribution in [3.63, 3.8) is 0 Å². The van der Waals surface area contributed by atoms with Crippen molar-refractivity contribution in [2.75, 3.05) is 18.0 Å². The number of para-hydroxylation sites is 1. The van der Waals surface area contributed by atoms with Gasteiger partial charge in [0.2, 0.25) is 0 Å². The average Bonchev–Trinajstić information content (AvgIpc) is 3.17. The van der Waals surface area contributed by atoms with E-state index in [9.17, 15) is 4.79 Å². The molecule has 110 valence electrons. The molecule has 0 saturated carbocycles. The molecule has 1 aromatic heterocycles. The highest BCUT2D eigenvalue weighted by Gasteiger charge is 2.23. The molecule has 1 saturated heterocycles. The number of benzene rings is 1. The van der Waals surface area contributed by atoms with E-state index in [0.717, 1.165) is 19.5 Å². The number of hydrogen-bond donors (Lipinski definition) is 2. The van der Waals surface area contributed by atoms with Crippen LogP contribution in [0.4, 0.5) is 10.5 Å². The Labute approximate surface area is 128 Å². The molecule has 3 rings (SSSR count). The maximum absolute atomic E-state index is 11.9. The van der Waals surface area contributed by atoms with Crippen LogP contribution in [0.15, 0.2) is 47.8 Å². The molecule has 21 heavy (non-hydrogen) atoms. The molecule has 0 bridgehead atoms. The number of carbonyl (C=O) groups excluding carboxylic acids is 1. The molecule has 5 heteroatoms. The fourth-order valence-electron chi connectivity index (χ4n) is 2.57. The number of urea groups is 1. The summed E-state index contributed by atoms with van der Waals surface area (Å²) in [5.74, 6) is 0. The first-order valence-corrected chi connectivity index (χ1v) is 8.06. The summed E-state index contributed by atoms with van der Waals surface area (Å²) < 4.78 is 0. The minimum absolute atomic E-state index is 0.0803. The molecule has 4 nitrogen and oxygen atoms in total. The van der Waals surface area contributed by atoms with E-state index in [0.29, 0.717) is 6.54 Å². The number of nitrogens with one attached hydrogen (secondary N) is 2. The summed E-state index contributed by atoms with van der Waals surface area (Å²) in [6, 6.07) is 14.5. The topological polar surface area (TPSA) is 44.4 Å². The second kappa shape index (κ2) is 6.63. The third-order valence-corrected chi connectivity index (χ3v) is 4.52. The number of thiophene rings is 1. The number of rotatable bonds is 4. The molecule has 1 fully saturated rings. The summed E-state index contributed by atoms with van der Waals surface area (Å²) >= 11 is 1.65.